The normalized spacial score (nSPS) is 16.5. The van der Waals surface area contributed by atoms with Crippen LogP contribution in [-0.4, -0.2) is 41.8 Å². The topological polar surface area (TPSA) is 18.8 Å². The Morgan fingerprint density at radius 1 is 0.875 bits per heavy atom. The predicted octanol–water partition coefficient (Wildman–Crippen LogP) is 4.54. The van der Waals surface area contributed by atoms with Crippen LogP contribution in [0, 0.1) is 0 Å². The van der Waals surface area contributed by atoms with Crippen LogP contribution in [0.5, 0.6) is 0 Å². The van der Waals surface area contributed by atoms with Gasteiger partial charge in [-0.3, -0.25) is 9.91 Å². The summed E-state index contributed by atoms with van der Waals surface area (Å²) in [5, 5.41) is 8.45. The summed E-state index contributed by atoms with van der Waals surface area (Å²) in [6.07, 6.45) is 0. The van der Waals surface area contributed by atoms with Gasteiger partial charge in [0.25, 0.3) is 0 Å². The summed E-state index contributed by atoms with van der Waals surface area (Å²) in [6, 6.07) is 15.9. The molecule has 2 aromatic rings. The molecule has 0 N–H and O–H groups in total. The second-order valence-electron chi connectivity index (χ2n) is 6.05. The molecule has 5 heteroatoms. The van der Waals surface area contributed by atoms with Gasteiger partial charge in [0.1, 0.15) is 0 Å². The van der Waals surface area contributed by atoms with Crippen LogP contribution in [-0.2, 0) is 6.54 Å². The molecule has 0 spiro atoms. The van der Waals surface area contributed by atoms with E-state index < -0.39 is 0 Å². The summed E-state index contributed by atoms with van der Waals surface area (Å²) in [6.45, 7) is 6.92. The number of hydrogen-bond acceptors (Lipinski definition) is 3. The van der Waals surface area contributed by atoms with Crippen LogP contribution in [0.1, 0.15) is 18.1 Å². The van der Waals surface area contributed by atoms with Crippen molar-refractivity contribution in [3.8, 4) is 0 Å². The minimum absolute atomic E-state index is 0.752. The zero-order chi connectivity index (χ0) is 16.9. The Kier molecular flexibility index (Phi) is 5.77. The van der Waals surface area contributed by atoms with E-state index in [1.807, 2.05) is 43.3 Å². The minimum atomic E-state index is 0.752. The van der Waals surface area contributed by atoms with E-state index in [9.17, 15) is 0 Å². The molecule has 1 saturated heterocycles. The molecule has 0 bridgehead atoms. The van der Waals surface area contributed by atoms with Gasteiger partial charge in [0.15, 0.2) is 0 Å². The van der Waals surface area contributed by atoms with Crippen LogP contribution in [0.2, 0.25) is 10.0 Å². The highest BCUT2D eigenvalue weighted by Gasteiger charge is 2.16. The zero-order valence-corrected chi connectivity index (χ0v) is 15.3. The van der Waals surface area contributed by atoms with Gasteiger partial charge in [0.2, 0.25) is 0 Å². The van der Waals surface area contributed by atoms with E-state index in [0.29, 0.717) is 0 Å². The Bertz CT molecular complexity index is 688. The highest BCUT2D eigenvalue weighted by Crippen LogP contribution is 2.14. The molecule has 0 radical (unpaired) electrons. The molecule has 0 saturated carbocycles. The monoisotopic (exact) mass is 361 g/mol. The lowest BCUT2D eigenvalue weighted by atomic mass is 10.1. The van der Waals surface area contributed by atoms with Crippen molar-refractivity contribution in [1.29, 1.82) is 0 Å². The van der Waals surface area contributed by atoms with Gasteiger partial charge in [0, 0.05) is 42.8 Å². The van der Waals surface area contributed by atoms with Gasteiger partial charge in [0.05, 0.1) is 5.71 Å². The molecule has 1 heterocycles. The first-order valence-electron chi connectivity index (χ1n) is 8.13. The lowest BCUT2D eigenvalue weighted by molar-refractivity contribution is 0.130. The molecule has 0 amide bonds. The molecule has 126 valence electrons. The van der Waals surface area contributed by atoms with Crippen molar-refractivity contribution in [1.82, 2.24) is 9.91 Å². The molecule has 0 aromatic heterocycles. The quantitative estimate of drug-likeness (QED) is 0.744. The van der Waals surface area contributed by atoms with Gasteiger partial charge >= 0.3 is 0 Å². The second-order valence-corrected chi connectivity index (χ2v) is 6.92. The molecule has 0 atom stereocenters. The van der Waals surface area contributed by atoms with Crippen LogP contribution in [0.15, 0.2) is 53.6 Å². The molecule has 1 aliphatic heterocycles. The van der Waals surface area contributed by atoms with Gasteiger partial charge in [-0.1, -0.05) is 47.5 Å². The summed E-state index contributed by atoms with van der Waals surface area (Å²) in [5.74, 6) is 0. The van der Waals surface area contributed by atoms with E-state index in [1.165, 1.54) is 5.56 Å². The van der Waals surface area contributed by atoms with Crippen molar-refractivity contribution >= 4 is 28.9 Å². The molecule has 24 heavy (non-hydrogen) atoms. The largest absolute Gasteiger partial charge is 0.295 e. The summed E-state index contributed by atoms with van der Waals surface area (Å²) in [4.78, 5) is 2.45. The summed E-state index contributed by atoms with van der Waals surface area (Å²) in [5.41, 5.74) is 3.44. The van der Waals surface area contributed by atoms with Crippen molar-refractivity contribution in [3.63, 3.8) is 0 Å². The first-order chi connectivity index (χ1) is 11.6. The number of hydrazone groups is 1. The van der Waals surface area contributed by atoms with E-state index in [4.69, 9.17) is 28.3 Å². The molecular weight excluding hydrogens is 341 g/mol. The molecule has 1 fully saturated rings. The third-order valence-corrected chi connectivity index (χ3v) is 4.73. The Hall–Kier alpha value is -1.55. The van der Waals surface area contributed by atoms with Gasteiger partial charge in [-0.05, 0) is 42.3 Å². The van der Waals surface area contributed by atoms with Gasteiger partial charge < -0.3 is 0 Å². The first kappa shape index (κ1) is 17.3. The lowest BCUT2D eigenvalue weighted by Crippen LogP contribution is -2.43. The van der Waals surface area contributed by atoms with Crippen LogP contribution in [0.4, 0.5) is 0 Å². The first-order valence-corrected chi connectivity index (χ1v) is 8.88. The standard InChI is InChI=1S/C19H21Cl2N3/c1-15(17-4-8-19(21)9-5-17)22-24-12-10-23(11-13-24)14-16-2-6-18(20)7-3-16/h2-9H,10-14H2,1H3/b22-15+. The van der Waals surface area contributed by atoms with Crippen molar-refractivity contribution in [2.24, 2.45) is 5.10 Å². The highest BCUT2D eigenvalue weighted by atomic mass is 35.5. The van der Waals surface area contributed by atoms with Crippen LogP contribution in [0.25, 0.3) is 0 Å². The van der Waals surface area contributed by atoms with Gasteiger partial charge in [-0.25, -0.2) is 0 Å². The second kappa shape index (κ2) is 8.02. The number of nitrogens with zero attached hydrogens (tertiary/aromatic N) is 3. The van der Waals surface area contributed by atoms with Crippen LogP contribution >= 0.6 is 23.2 Å². The molecule has 3 nitrogen and oxygen atoms in total. The number of hydrogen-bond donors (Lipinski definition) is 0. The molecule has 1 aliphatic rings. The average Bonchev–Trinajstić information content (AvgIpc) is 2.59. The zero-order valence-electron chi connectivity index (χ0n) is 13.8. The van der Waals surface area contributed by atoms with E-state index in [0.717, 1.165) is 54.0 Å². The van der Waals surface area contributed by atoms with Crippen molar-refractivity contribution < 1.29 is 0 Å². The fourth-order valence-corrected chi connectivity index (χ4v) is 3.06. The number of benzene rings is 2. The fraction of sp³-hybridized carbons (Fsp3) is 0.316. The Balaban J connectivity index is 1.53. The van der Waals surface area contributed by atoms with E-state index in [2.05, 4.69) is 22.0 Å². The SMILES string of the molecule is C/C(=N\N1CCN(Cc2ccc(Cl)cc2)CC1)c1ccc(Cl)cc1. The van der Waals surface area contributed by atoms with Crippen molar-refractivity contribution in [2.45, 2.75) is 13.5 Å². The molecule has 2 aromatic carbocycles. The number of piperazine rings is 1. The third kappa shape index (κ3) is 4.73. The maximum absolute atomic E-state index is 5.94. The molecule has 0 unspecified atom stereocenters. The fourth-order valence-electron chi connectivity index (χ4n) is 2.80. The van der Waals surface area contributed by atoms with Crippen LogP contribution < -0.4 is 0 Å². The summed E-state index contributed by atoms with van der Waals surface area (Å²) < 4.78 is 0. The Labute approximate surface area is 153 Å². The van der Waals surface area contributed by atoms with E-state index in [1.54, 1.807) is 0 Å². The van der Waals surface area contributed by atoms with Crippen molar-refractivity contribution in [2.75, 3.05) is 26.2 Å². The van der Waals surface area contributed by atoms with Gasteiger partial charge in [-0.2, -0.15) is 5.10 Å². The lowest BCUT2D eigenvalue weighted by Gasteiger charge is -2.33. The molecular formula is C19H21Cl2N3. The maximum Gasteiger partial charge on any atom is 0.0646 e. The Morgan fingerprint density at radius 3 is 2.00 bits per heavy atom. The molecule has 0 aliphatic carbocycles. The van der Waals surface area contributed by atoms with Crippen molar-refractivity contribution in [3.05, 3.63) is 69.7 Å². The predicted molar refractivity (Wildman–Crippen MR) is 102 cm³/mol. The van der Waals surface area contributed by atoms with Crippen LogP contribution in [0.3, 0.4) is 0 Å². The molecule has 3 rings (SSSR count). The van der Waals surface area contributed by atoms with Gasteiger partial charge in [-0.15, -0.1) is 0 Å². The highest BCUT2D eigenvalue weighted by molar-refractivity contribution is 6.30. The number of rotatable bonds is 4. The third-order valence-electron chi connectivity index (χ3n) is 4.22. The minimum Gasteiger partial charge on any atom is -0.295 e. The Morgan fingerprint density at radius 2 is 1.42 bits per heavy atom. The van der Waals surface area contributed by atoms with E-state index >= 15 is 0 Å². The average molecular weight is 362 g/mol. The smallest absolute Gasteiger partial charge is 0.0646 e. The van der Waals surface area contributed by atoms with E-state index in [-0.39, 0.29) is 0 Å². The summed E-state index contributed by atoms with van der Waals surface area (Å²) >= 11 is 11.9. The maximum atomic E-state index is 5.94. The number of halogens is 2. The summed E-state index contributed by atoms with van der Waals surface area (Å²) in [7, 11) is 0.